The van der Waals surface area contributed by atoms with Crippen LogP contribution in [-0.2, 0) is 15.3 Å². The van der Waals surface area contributed by atoms with E-state index in [0.29, 0.717) is 4.90 Å². The molecule has 0 saturated carbocycles. The third-order valence-corrected chi connectivity index (χ3v) is 6.22. The molecule has 0 atom stereocenters. The third kappa shape index (κ3) is 3.70. The topological polar surface area (TPSA) is 52.0 Å². The standard InChI is InChI=1S/C24H24N2O2S/c1-24(2,3)18-11-13-19(14-12-18)26-22-8-6-5-7-21(22)25-23(26)17-9-15-20(16-10-17)29(4,27)28/h5-16H,1-4H3. The highest BCUT2D eigenvalue weighted by Crippen LogP contribution is 2.30. The molecule has 1 aromatic heterocycles. The molecule has 0 amide bonds. The molecule has 0 fully saturated rings. The molecule has 0 aliphatic rings. The highest BCUT2D eigenvalue weighted by molar-refractivity contribution is 7.90. The van der Waals surface area contributed by atoms with Crippen LogP contribution in [0.5, 0.6) is 0 Å². The fourth-order valence-electron chi connectivity index (χ4n) is 3.44. The van der Waals surface area contributed by atoms with E-state index in [4.69, 9.17) is 4.98 Å². The Morgan fingerprint density at radius 1 is 0.828 bits per heavy atom. The molecule has 4 rings (SSSR count). The lowest BCUT2D eigenvalue weighted by molar-refractivity contribution is 0.590. The van der Waals surface area contributed by atoms with E-state index in [9.17, 15) is 8.42 Å². The molecule has 0 N–H and O–H groups in total. The van der Waals surface area contributed by atoms with Crippen LogP contribution in [0, 0.1) is 0 Å². The molecule has 148 valence electrons. The number of rotatable bonds is 3. The Labute approximate surface area is 171 Å². The number of sulfone groups is 1. The van der Waals surface area contributed by atoms with Crippen molar-refractivity contribution in [2.24, 2.45) is 0 Å². The summed E-state index contributed by atoms with van der Waals surface area (Å²) < 4.78 is 25.7. The van der Waals surface area contributed by atoms with Crippen LogP contribution in [0.25, 0.3) is 28.1 Å². The molecular formula is C24H24N2O2S. The van der Waals surface area contributed by atoms with Crippen molar-refractivity contribution in [3.05, 3.63) is 78.4 Å². The summed E-state index contributed by atoms with van der Waals surface area (Å²) in [4.78, 5) is 5.14. The molecular weight excluding hydrogens is 380 g/mol. The van der Waals surface area contributed by atoms with Gasteiger partial charge in [0.2, 0.25) is 0 Å². The van der Waals surface area contributed by atoms with Crippen molar-refractivity contribution >= 4 is 20.9 Å². The molecule has 4 nitrogen and oxygen atoms in total. The van der Waals surface area contributed by atoms with Crippen LogP contribution >= 0.6 is 0 Å². The Bertz CT molecular complexity index is 1280. The Morgan fingerprint density at radius 2 is 1.45 bits per heavy atom. The molecule has 3 aromatic carbocycles. The summed E-state index contributed by atoms with van der Waals surface area (Å²) in [6.45, 7) is 6.59. The predicted molar refractivity (Wildman–Crippen MR) is 118 cm³/mol. The number of nitrogens with zero attached hydrogens (tertiary/aromatic N) is 2. The Balaban J connectivity index is 1.90. The van der Waals surface area contributed by atoms with Gasteiger partial charge in [-0.25, -0.2) is 13.4 Å². The number of imidazole rings is 1. The van der Waals surface area contributed by atoms with Crippen LogP contribution in [0.15, 0.2) is 77.7 Å². The van der Waals surface area contributed by atoms with E-state index in [1.165, 1.54) is 11.8 Å². The largest absolute Gasteiger partial charge is 0.292 e. The highest BCUT2D eigenvalue weighted by Gasteiger charge is 2.17. The Hall–Kier alpha value is -2.92. The minimum Gasteiger partial charge on any atom is -0.292 e. The van der Waals surface area contributed by atoms with Crippen LogP contribution in [0.4, 0.5) is 0 Å². The first-order valence-electron chi connectivity index (χ1n) is 9.53. The third-order valence-electron chi connectivity index (χ3n) is 5.09. The molecule has 4 aromatic rings. The van der Waals surface area contributed by atoms with Gasteiger partial charge in [0.05, 0.1) is 15.9 Å². The Morgan fingerprint density at radius 3 is 2.03 bits per heavy atom. The van der Waals surface area contributed by atoms with E-state index in [-0.39, 0.29) is 5.41 Å². The number of hydrogen-bond donors (Lipinski definition) is 0. The maximum Gasteiger partial charge on any atom is 0.175 e. The normalized spacial score (nSPS) is 12.4. The smallest absolute Gasteiger partial charge is 0.175 e. The lowest BCUT2D eigenvalue weighted by Gasteiger charge is -2.19. The molecule has 0 aliphatic carbocycles. The van der Waals surface area contributed by atoms with Gasteiger partial charge in [0.15, 0.2) is 9.84 Å². The summed E-state index contributed by atoms with van der Waals surface area (Å²) in [7, 11) is -3.23. The minimum absolute atomic E-state index is 0.0832. The number of aromatic nitrogens is 2. The second-order valence-electron chi connectivity index (χ2n) is 8.35. The summed E-state index contributed by atoms with van der Waals surface area (Å²) in [5.74, 6) is 0.787. The number of benzene rings is 3. The monoisotopic (exact) mass is 404 g/mol. The van der Waals surface area contributed by atoms with Crippen molar-refractivity contribution in [1.82, 2.24) is 9.55 Å². The van der Waals surface area contributed by atoms with Gasteiger partial charge in [-0.05, 0) is 59.5 Å². The number of fused-ring (bicyclic) bond motifs is 1. The van der Waals surface area contributed by atoms with Crippen molar-refractivity contribution in [2.75, 3.05) is 6.26 Å². The SMILES string of the molecule is CC(C)(C)c1ccc(-n2c(-c3ccc(S(C)(=O)=O)cc3)nc3ccccc32)cc1. The zero-order valence-corrected chi connectivity index (χ0v) is 17.9. The van der Waals surface area contributed by atoms with Gasteiger partial charge >= 0.3 is 0 Å². The molecule has 0 bridgehead atoms. The molecule has 0 aliphatic heterocycles. The lowest BCUT2D eigenvalue weighted by Crippen LogP contribution is -2.11. The van der Waals surface area contributed by atoms with E-state index in [1.54, 1.807) is 12.1 Å². The number of para-hydroxylation sites is 2. The van der Waals surface area contributed by atoms with Crippen LogP contribution in [0.2, 0.25) is 0 Å². The summed E-state index contributed by atoms with van der Waals surface area (Å²) in [6.07, 6.45) is 1.22. The van der Waals surface area contributed by atoms with Gasteiger partial charge in [-0.2, -0.15) is 0 Å². The molecule has 29 heavy (non-hydrogen) atoms. The van der Waals surface area contributed by atoms with Crippen LogP contribution in [0.3, 0.4) is 0 Å². The summed E-state index contributed by atoms with van der Waals surface area (Å²) in [5, 5.41) is 0. The number of hydrogen-bond acceptors (Lipinski definition) is 3. The van der Waals surface area contributed by atoms with E-state index >= 15 is 0 Å². The molecule has 0 spiro atoms. The predicted octanol–water partition coefficient (Wildman–Crippen LogP) is 5.39. The van der Waals surface area contributed by atoms with Gasteiger partial charge in [-0.3, -0.25) is 4.57 Å². The molecule has 0 radical (unpaired) electrons. The molecule has 5 heteroatoms. The fourth-order valence-corrected chi connectivity index (χ4v) is 4.07. The quantitative estimate of drug-likeness (QED) is 0.460. The zero-order chi connectivity index (χ0) is 20.8. The van der Waals surface area contributed by atoms with Crippen molar-refractivity contribution in [1.29, 1.82) is 0 Å². The average Bonchev–Trinajstić information content (AvgIpc) is 3.06. The molecule has 0 unspecified atom stereocenters. The lowest BCUT2D eigenvalue weighted by atomic mass is 9.87. The second-order valence-corrected chi connectivity index (χ2v) is 10.4. The summed E-state index contributed by atoms with van der Waals surface area (Å²) in [6, 6.07) is 23.5. The zero-order valence-electron chi connectivity index (χ0n) is 17.0. The fraction of sp³-hybridized carbons (Fsp3) is 0.208. The van der Waals surface area contributed by atoms with Gasteiger partial charge < -0.3 is 0 Å². The maximum atomic E-state index is 11.8. The van der Waals surface area contributed by atoms with Gasteiger partial charge in [-0.15, -0.1) is 0 Å². The van der Waals surface area contributed by atoms with Crippen molar-refractivity contribution < 1.29 is 8.42 Å². The average molecular weight is 405 g/mol. The van der Waals surface area contributed by atoms with Gasteiger partial charge in [0, 0.05) is 17.5 Å². The Kier molecular flexibility index (Phi) is 4.58. The van der Waals surface area contributed by atoms with E-state index in [2.05, 4.69) is 49.6 Å². The first-order valence-corrected chi connectivity index (χ1v) is 11.4. The van der Waals surface area contributed by atoms with Crippen LogP contribution in [-0.4, -0.2) is 24.2 Å². The molecule has 0 saturated heterocycles. The van der Waals surface area contributed by atoms with Crippen LogP contribution < -0.4 is 0 Å². The van der Waals surface area contributed by atoms with E-state index < -0.39 is 9.84 Å². The van der Waals surface area contributed by atoms with Gasteiger partial charge in [0.25, 0.3) is 0 Å². The highest BCUT2D eigenvalue weighted by atomic mass is 32.2. The minimum atomic E-state index is -3.23. The maximum absolute atomic E-state index is 11.8. The second kappa shape index (κ2) is 6.85. The van der Waals surface area contributed by atoms with Crippen molar-refractivity contribution in [2.45, 2.75) is 31.1 Å². The van der Waals surface area contributed by atoms with Crippen molar-refractivity contribution in [3.63, 3.8) is 0 Å². The van der Waals surface area contributed by atoms with Crippen LogP contribution in [0.1, 0.15) is 26.3 Å². The first-order chi connectivity index (χ1) is 13.6. The van der Waals surface area contributed by atoms with Gasteiger partial charge in [-0.1, -0.05) is 45.0 Å². The van der Waals surface area contributed by atoms with Gasteiger partial charge in [0.1, 0.15) is 5.82 Å². The first kappa shape index (κ1) is 19.4. The van der Waals surface area contributed by atoms with E-state index in [0.717, 1.165) is 28.1 Å². The molecule has 1 heterocycles. The summed E-state index contributed by atoms with van der Waals surface area (Å²) >= 11 is 0. The summed E-state index contributed by atoms with van der Waals surface area (Å²) in [5.41, 5.74) is 5.15. The van der Waals surface area contributed by atoms with E-state index in [1.807, 2.05) is 36.4 Å². The van der Waals surface area contributed by atoms with Crippen molar-refractivity contribution in [3.8, 4) is 17.1 Å².